The van der Waals surface area contributed by atoms with E-state index in [1.54, 1.807) is 11.8 Å². The summed E-state index contributed by atoms with van der Waals surface area (Å²) in [4.78, 5) is 43.7. The first kappa shape index (κ1) is 22.0. The topological polar surface area (TPSA) is 96.4 Å². The molecule has 8 nitrogen and oxygen atoms in total. The molecule has 2 amide bonds. The van der Waals surface area contributed by atoms with Crippen molar-refractivity contribution in [3.05, 3.63) is 24.3 Å². The number of nitrogens with zero attached hydrogens (tertiary/aromatic N) is 2. The Hall–Kier alpha value is -2.19. The molecule has 8 heteroatoms. The number of carbonyl (C=O) groups excluding carboxylic acids is 3. The van der Waals surface area contributed by atoms with E-state index in [-0.39, 0.29) is 31.1 Å². The molecule has 1 spiro atoms. The summed E-state index contributed by atoms with van der Waals surface area (Å²) in [5.74, 6) is -2.70. The second kappa shape index (κ2) is 8.39. The van der Waals surface area contributed by atoms with E-state index in [0.29, 0.717) is 13.0 Å². The van der Waals surface area contributed by atoms with Crippen LogP contribution >= 0.6 is 0 Å². The highest BCUT2D eigenvalue weighted by atomic mass is 16.6. The van der Waals surface area contributed by atoms with Gasteiger partial charge in [-0.2, -0.15) is 0 Å². The third-order valence-corrected chi connectivity index (χ3v) is 7.07. The number of rotatable bonds is 5. The van der Waals surface area contributed by atoms with Crippen LogP contribution in [0.1, 0.15) is 40.0 Å². The molecule has 1 N–H and O–H groups in total. The maximum Gasteiger partial charge on any atom is 0.312 e. The lowest BCUT2D eigenvalue weighted by Gasteiger charge is -2.39. The summed E-state index contributed by atoms with van der Waals surface area (Å²) < 4.78 is 11.8. The average molecular weight is 433 g/mol. The Balaban J connectivity index is 1.83. The SMILES string of the molecule is CCCC(C)N1CC=C[C@]23O[C@@H]4C=CCCOC(=O)[C@@H]4[C@H]2C(=O)N([C@H](C)CO)C3C1=O. The quantitative estimate of drug-likeness (QED) is 0.515. The summed E-state index contributed by atoms with van der Waals surface area (Å²) >= 11 is 0. The van der Waals surface area contributed by atoms with Gasteiger partial charge in [-0.05, 0) is 26.7 Å². The van der Waals surface area contributed by atoms with Gasteiger partial charge in [-0.15, -0.1) is 0 Å². The second-order valence-corrected chi connectivity index (χ2v) is 9.03. The van der Waals surface area contributed by atoms with Crippen molar-refractivity contribution in [3.63, 3.8) is 0 Å². The Morgan fingerprint density at radius 3 is 2.68 bits per heavy atom. The summed E-state index contributed by atoms with van der Waals surface area (Å²) in [6, 6.07) is -1.52. The van der Waals surface area contributed by atoms with Crippen LogP contribution in [-0.2, 0) is 23.9 Å². The molecule has 2 fully saturated rings. The zero-order valence-electron chi connectivity index (χ0n) is 18.4. The van der Waals surface area contributed by atoms with Gasteiger partial charge in [-0.25, -0.2) is 0 Å². The summed E-state index contributed by atoms with van der Waals surface area (Å²) in [6.45, 7) is 6.17. The third-order valence-electron chi connectivity index (χ3n) is 7.07. The van der Waals surface area contributed by atoms with Gasteiger partial charge in [0, 0.05) is 12.6 Å². The van der Waals surface area contributed by atoms with Crippen molar-refractivity contribution < 1.29 is 29.0 Å². The molecule has 0 aromatic heterocycles. The minimum absolute atomic E-state index is 0.00215. The first-order valence-corrected chi connectivity index (χ1v) is 11.3. The zero-order valence-corrected chi connectivity index (χ0v) is 18.4. The summed E-state index contributed by atoms with van der Waals surface area (Å²) in [6.07, 6.45) is 9.13. The van der Waals surface area contributed by atoms with Crippen molar-refractivity contribution in [3.8, 4) is 0 Å². The fraction of sp³-hybridized carbons (Fsp3) is 0.696. The maximum absolute atomic E-state index is 13.9. The Labute approximate surface area is 182 Å². The number of amides is 2. The molecule has 0 aromatic carbocycles. The molecule has 2 saturated heterocycles. The minimum Gasteiger partial charge on any atom is -0.465 e. The van der Waals surface area contributed by atoms with Gasteiger partial charge in [0.1, 0.15) is 17.6 Å². The number of hydrogen-bond acceptors (Lipinski definition) is 6. The van der Waals surface area contributed by atoms with Gasteiger partial charge < -0.3 is 24.4 Å². The number of aliphatic hydroxyl groups excluding tert-OH is 1. The fourth-order valence-electron chi connectivity index (χ4n) is 5.60. The van der Waals surface area contributed by atoms with E-state index >= 15 is 0 Å². The molecule has 0 saturated carbocycles. The molecule has 4 aliphatic rings. The van der Waals surface area contributed by atoms with Crippen LogP contribution in [0.5, 0.6) is 0 Å². The van der Waals surface area contributed by atoms with Crippen molar-refractivity contribution >= 4 is 17.8 Å². The van der Waals surface area contributed by atoms with Gasteiger partial charge in [-0.3, -0.25) is 14.4 Å². The molecule has 4 aliphatic heterocycles. The lowest BCUT2D eigenvalue weighted by Crippen LogP contribution is -2.58. The van der Waals surface area contributed by atoms with Crippen molar-refractivity contribution in [2.75, 3.05) is 19.8 Å². The van der Waals surface area contributed by atoms with E-state index in [4.69, 9.17) is 9.47 Å². The molecule has 2 unspecified atom stereocenters. The van der Waals surface area contributed by atoms with E-state index in [2.05, 4.69) is 6.92 Å². The molecule has 0 aromatic rings. The lowest BCUT2D eigenvalue weighted by atomic mass is 9.77. The van der Waals surface area contributed by atoms with E-state index in [9.17, 15) is 19.5 Å². The van der Waals surface area contributed by atoms with Gasteiger partial charge in [0.2, 0.25) is 11.8 Å². The summed E-state index contributed by atoms with van der Waals surface area (Å²) in [5.41, 5.74) is -1.26. The van der Waals surface area contributed by atoms with Crippen molar-refractivity contribution in [1.82, 2.24) is 9.80 Å². The van der Waals surface area contributed by atoms with Crippen LogP contribution in [0.4, 0.5) is 0 Å². The van der Waals surface area contributed by atoms with Crippen LogP contribution in [0.2, 0.25) is 0 Å². The Bertz CT molecular complexity index is 810. The number of ether oxygens (including phenoxy) is 2. The van der Waals surface area contributed by atoms with Crippen LogP contribution in [0, 0.1) is 11.8 Å². The Kier molecular flexibility index (Phi) is 5.96. The van der Waals surface area contributed by atoms with Crippen LogP contribution in [0.15, 0.2) is 24.3 Å². The van der Waals surface area contributed by atoms with Gasteiger partial charge in [-0.1, -0.05) is 37.6 Å². The van der Waals surface area contributed by atoms with Crippen LogP contribution in [0.3, 0.4) is 0 Å². The zero-order chi connectivity index (χ0) is 22.3. The van der Waals surface area contributed by atoms with Gasteiger partial charge in [0.05, 0.1) is 31.3 Å². The van der Waals surface area contributed by atoms with E-state index in [1.807, 2.05) is 31.2 Å². The predicted octanol–water partition coefficient (Wildman–Crippen LogP) is 1.04. The number of likely N-dealkylation sites (tertiary alicyclic amines) is 1. The Morgan fingerprint density at radius 2 is 1.97 bits per heavy atom. The predicted molar refractivity (Wildman–Crippen MR) is 112 cm³/mol. The molecule has 4 rings (SSSR count). The standard InChI is InChI=1S/C23H32N2O6/c1-4-8-14(2)24-11-7-10-23-18(17-16(31-23)9-5-6-12-30-22(17)29)20(27)25(15(3)13-26)19(23)21(24)28/h5,7,9-10,14-19,26H,4,6,8,11-13H2,1-3H3/t14?,15-,16-,17+,18+,19?,23+/m1/s1. The van der Waals surface area contributed by atoms with E-state index in [1.165, 1.54) is 4.90 Å². The number of carbonyl (C=O) groups is 3. The highest BCUT2D eigenvalue weighted by Crippen LogP contribution is 2.53. The number of fused-ring (bicyclic) bond motifs is 2. The smallest absolute Gasteiger partial charge is 0.312 e. The average Bonchev–Trinajstić information content (AvgIpc) is 3.12. The first-order valence-electron chi connectivity index (χ1n) is 11.3. The lowest BCUT2D eigenvalue weighted by molar-refractivity contribution is -0.156. The van der Waals surface area contributed by atoms with Gasteiger partial charge in [0.25, 0.3) is 0 Å². The molecular weight excluding hydrogens is 400 g/mol. The highest BCUT2D eigenvalue weighted by Gasteiger charge is 2.72. The van der Waals surface area contributed by atoms with E-state index < -0.39 is 41.6 Å². The number of aliphatic hydroxyl groups is 1. The molecule has 170 valence electrons. The van der Waals surface area contributed by atoms with Crippen molar-refractivity contribution in [2.45, 2.75) is 69.9 Å². The third kappa shape index (κ3) is 3.31. The summed E-state index contributed by atoms with van der Waals surface area (Å²) in [5, 5.41) is 9.87. The number of esters is 1. The van der Waals surface area contributed by atoms with Crippen LogP contribution in [-0.4, -0.2) is 82.3 Å². The fourth-order valence-corrected chi connectivity index (χ4v) is 5.60. The monoisotopic (exact) mass is 432 g/mol. The normalized spacial score (nSPS) is 36.8. The first-order chi connectivity index (χ1) is 14.9. The summed E-state index contributed by atoms with van der Waals surface area (Å²) in [7, 11) is 0. The molecule has 0 bridgehead atoms. The second-order valence-electron chi connectivity index (χ2n) is 9.03. The molecule has 7 atom stereocenters. The molecule has 31 heavy (non-hydrogen) atoms. The number of hydrogen-bond donors (Lipinski definition) is 1. The maximum atomic E-state index is 13.9. The molecular formula is C23H32N2O6. The Morgan fingerprint density at radius 1 is 1.19 bits per heavy atom. The van der Waals surface area contributed by atoms with Crippen molar-refractivity contribution in [1.29, 1.82) is 0 Å². The van der Waals surface area contributed by atoms with Gasteiger partial charge >= 0.3 is 5.97 Å². The van der Waals surface area contributed by atoms with E-state index in [0.717, 1.165) is 12.8 Å². The van der Waals surface area contributed by atoms with Crippen molar-refractivity contribution in [2.24, 2.45) is 11.8 Å². The number of cyclic esters (lactones) is 1. The highest BCUT2D eigenvalue weighted by molar-refractivity contribution is 5.99. The van der Waals surface area contributed by atoms with Crippen LogP contribution < -0.4 is 0 Å². The largest absolute Gasteiger partial charge is 0.465 e. The van der Waals surface area contributed by atoms with Gasteiger partial charge in [0.15, 0.2) is 0 Å². The minimum atomic E-state index is -1.26. The molecule has 0 radical (unpaired) electrons. The molecule has 0 aliphatic carbocycles. The molecule has 4 heterocycles. The van der Waals surface area contributed by atoms with Crippen LogP contribution in [0.25, 0.3) is 0 Å².